The Morgan fingerprint density at radius 3 is 3.05 bits per heavy atom. The molecule has 1 aromatic heterocycles. The van der Waals surface area contributed by atoms with Crippen LogP contribution in [0.1, 0.15) is 63.1 Å². The van der Waals surface area contributed by atoms with E-state index in [2.05, 4.69) is 22.4 Å². The quantitative estimate of drug-likeness (QED) is 0.907. The average molecular weight is 263 g/mol. The van der Waals surface area contributed by atoms with E-state index < -0.39 is 0 Å². The molecule has 4 nitrogen and oxygen atoms in total. The Balaban J connectivity index is 1.53. The number of aromatic nitrogens is 2. The van der Waals surface area contributed by atoms with E-state index in [0.717, 1.165) is 36.5 Å². The number of aryl methyl sites for hydroxylation is 1. The normalized spacial score (nSPS) is 31.7. The van der Waals surface area contributed by atoms with Gasteiger partial charge in [0, 0.05) is 12.3 Å². The second kappa shape index (κ2) is 6.04. The van der Waals surface area contributed by atoms with Crippen molar-refractivity contribution in [2.75, 3.05) is 13.1 Å². The fraction of sp³-hybridized carbons (Fsp3) is 0.867. The Hall–Kier alpha value is -0.900. The lowest BCUT2D eigenvalue weighted by Gasteiger charge is -2.23. The largest absolute Gasteiger partial charge is 0.339 e. The van der Waals surface area contributed by atoms with Crippen LogP contribution in [0.2, 0.25) is 0 Å². The van der Waals surface area contributed by atoms with E-state index in [9.17, 15) is 0 Å². The van der Waals surface area contributed by atoms with E-state index in [-0.39, 0.29) is 0 Å². The summed E-state index contributed by atoms with van der Waals surface area (Å²) >= 11 is 0. The van der Waals surface area contributed by atoms with Crippen LogP contribution >= 0.6 is 0 Å². The van der Waals surface area contributed by atoms with E-state index in [1.807, 2.05) is 0 Å². The Bertz CT molecular complexity index is 398. The summed E-state index contributed by atoms with van der Waals surface area (Å²) in [6, 6.07) is 0. The van der Waals surface area contributed by atoms with Crippen LogP contribution in [0, 0.1) is 11.8 Å². The molecule has 19 heavy (non-hydrogen) atoms. The second-order valence-electron chi connectivity index (χ2n) is 6.41. The van der Waals surface area contributed by atoms with Gasteiger partial charge in [0.05, 0.1) is 0 Å². The maximum Gasteiger partial charge on any atom is 0.226 e. The third kappa shape index (κ3) is 3.35. The van der Waals surface area contributed by atoms with Crippen molar-refractivity contribution in [3.63, 3.8) is 0 Å². The van der Waals surface area contributed by atoms with Gasteiger partial charge in [-0.2, -0.15) is 4.98 Å². The van der Waals surface area contributed by atoms with Crippen molar-refractivity contribution in [1.29, 1.82) is 0 Å². The average Bonchev–Trinajstić information content (AvgIpc) is 3.08. The zero-order valence-corrected chi connectivity index (χ0v) is 11.9. The molecule has 0 spiro atoms. The number of nitrogens with zero attached hydrogens (tertiary/aromatic N) is 2. The van der Waals surface area contributed by atoms with Crippen LogP contribution in [-0.4, -0.2) is 23.2 Å². The summed E-state index contributed by atoms with van der Waals surface area (Å²) in [5.41, 5.74) is 0. The van der Waals surface area contributed by atoms with Crippen molar-refractivity contribution in [3.8, 4) is 0 Å². The lowest BCUT2D eigenvalue weighted by molar-refractivity contribution is 0.318. The van der Waals surface area contributed by atoms with E-state index in [0.29, 0.717) is 5.92 Å². The lowest BCUT2D eigenvalue weighted by Crippen LogP contribution is -2.13. The first-order chi connectivity index (χ1) is 9.31. The summed E-state index contributed by atoms with van der Waals surface area (Å²) in [5, 5.41) is 7.62. The lowest BCUT2D eigenvalue weighted by atomic mass is 9.82. The first-order valence-corrected chi connectivity index (χ1v) is 7.84. The number of hydrogen-bond acceptors (Lipinski definition) is 4. The van der Waals surface area contributed by atoms with Crippen LogP contribution in [0.25, 0.3) is 0 Å². The minimum Gasteiger partial charge on any atom is -0.339 e. The van der Waals surface area contributed by atoms with Gasteiger partial charge >= 0.3 is 0 Å². The molecule has 1 saturated carbocycles. The van der Waals surface area contributed by atoms with E-state index >= 15 is 0 Å². The van der Waals surface area contributed by atoms with Crippen LogP contribution in [0.3, 0.4) is 0 Å². The molecule has 3 atom stereocenters. The first kappa shape index (κ1) is 13.1. The molecule has 4 heteroatoms. The molecule has 0 amide bonds. The molecule has 3 unspecified atom stereocenters. The van der Waals surface area contributed by atoms with Gasteiger partial charge in [-0.05, 0) is 50.6 Å². The van der Waals surface area contributed by atoms with Crippen LogP contribution in [0.15, 0.2) is 4.52 Å². The molecule has 2 fully saturated rings. The molecule has 1 aliphatic carbocycles. The molecule has 0 aromatic carbocycles. The van der Waals surface area contributed by atoms with Crippen molar-refractivity contribution in [1.82, 2.24) is 15.5 Å². The molecule has 1 aromatic rings. The number of hydrogen-bond donors (Lipinski definition) is 1. The van der Waals surface area contributed by atoms with Crippen molar-refractivity contribution in [2.45, 2.75) is 57.8 Å². The van der Waals surface area contributed by atoms with E-state index in [1.165, 1.54) is 45.1 Å². The predicted octanol–water partition coefficient (Wildman–Crippen LogP) is 2.91. The van der Waals surface area contributed by atoms with Gasteiger partial charge in [-0.1, -0.05) is 24.9 Å². The topological polar surface area (TPSA) is 51.0 Å². The molecular formula is C15H25N3O. The maximum absolute atomic E-state index is 5.43. The molecule has 0 radical (unpaired) electrons. The minimum absolute atomic E-state index is 0.536. The SMILES string of the molecule is CC1CCCC(c2noc(CCC3CCNC3)n2)C1. The van der Waals surface area contributed by atoms with Gasteiger partial charge in [0.25, 0.3) is 0 Å². The van der Waals surface area contributed by atoms with Crippen LogP contribution in [0.5, 0.6) is 0 Å². The highest BCUT2D eigenvalue weighted by Crippen LogP contribution is 2.34. The summed E-state index contributed by atoms with van der Waals surface area (Å²) in [6.07, 6.45) is 8.54. The van der Waals surface area contributed by atoms with Crippen molar-refractivity contribution in [2.24, 2.45) is 11.8 Å². The van der Waals surface area contributed by atoms with Gasteiger partial charge in [-0.15, -0.1) is 0 Å². The molecule has 1 saturated heterocycles. The number of nitrogens with one attached hydrogen (secondary N) is 1. The van der Waals surface area contributed by atoms with Gasteiger partial charge in [-0.25, -0.2) is 0 Å². The van der Waals surface area contributed by atoms with Crippen LogP contribution in [-0.2, 0) is 6.42 Å². The van der Waals surface area contributed by atoms with Crippen molar-refractivity contribution >= 4 is 0 Å². The summed E-state index contributed by atoms with van der Waals surface area (Å²) in [7, 11) is 0. The molecular weight excluding hydrogens is 238 g/mol. The van der Waals surface area contributed by atoms with Gasteiger partial charge in [-0.3, -0.25) is 0 Å². The summed E-state index contributed by atoms with van der Waals surface area (Å²) < 4.78 is 5.43. The first-order valence-electron chi connectivity index (χ1n) is 7.84. The smallest absolute Gasteiger partial charge is 0.226 e. The molecule has 2 aliphatic rings. The summed E-state index contributed by atoms with van der Waals surface area (Å²) in [6.45, 7) is 4.65. The van der Waals surface area contributed by atoms with Gasteiger partial charge in [0.15, 0.2) is 5.82 Å². The van der Waals surface area contributed by atoms with Crippen LogP contribution in [0.4, 0.5) is 0 Å². The molecule has 0 bridgehead atoms. The molecule has 1 aliphatic heterocycles. The Kier molecular flexibility index (Phi) is 4.16. The predicted molar refractivity (Wildman–Crippen MR) is 74.0 cm³/mol. The van der Waals surface area contributed by atoms with Gasteiger partial charge in [0.1, 0.15) is 0 Å². The second-order valence-corrected chi connectivity index (χ2v) is 6.41. The highest BCUT2D eigenvalue weighted by Gasteiger charge is 2.24. The molecule has 3 rings (SSSR count). The fourth-order valence-corrected chi connectivity index (χ4v) is 3.49. The van der Waals surface area contributed by atoms with E-state index in [4.69, 9.17) is 4.52 Å². The molecule has 2 heterocycles. The number of rotatable bonds is 4. The minimum atomic E-state index is 0.536. The van der Waals surface area contributed by atoms with Gasteiger partial charge < -0.3 is 9.84 Å². The third-order valence-electron chi connectivity index (χ3n) is 4.71. The summed E-state index contributed by atoms with van der Waals surface area (Å²) in [5.74, 6) is 3.95. The van der Waals surface area contributed by atoms with Crippen LogP contribution < -0.4 is 5.32 Å². The molecule has 1 N–H and O–H groups in total. The van der Waals surface area contributed by atoms with Gasteiger partial charge in [0.2, 0.25) is 5.89 Å². The highest BCUT2D eigenvalue weighted by atomic mass is 16.5. The summed E-state index contributed by atoms with van der Waals surface area (Å²) in [4.78, 5) is 4.63. The zero-order chi connectivity index (χ0) is 13.1. The van der Waals surface area contributed by atoms with Crippen molar-refractivity contribution < 1.29 is 4.52 Å². The van der Waals surface area contributed by atoms with E-state index in [1.54, 1.807) is 0 Å². The third-order valence-corrected chi connectivity index (χ3v) is 4.71. The Morgan fingerprint density at radius 2 is 2.26 bits per heavy atom. The fourth-order valence-electron chi connectivity index (χ4n) is 3.49. The zero-order valence-electron chi connectivity index (χ0n) is 11.9. The Morgan fingerprint density at radius 1 is 1.32 bits per heavy atom. The molecule has 106 valence electrons. The monoisotopic (exact) mass is 263 g/mol. The highest BCUT2D eigenvalue weighted by molar-refractivity contribution is 4.98. The van der Waals surface area contributed by atoms with Crippen molar-refractivity contribution in [3.05, 3.63) is 11.7 Å². The standard InChI is InChI=1S/C15H25N3O/c1-11-3-2-4-13(9-11)15-17-14(19-18-15)6-5-12-7-8-16-10-12/h11-13,16H,2-10H2,1H3. The maximum atomic E-state index is 5.43. The Labute approximate surface area is 115 Å².